The molecule has 1 saturated carbocycles. The van der Waals surface area contributed by atoms with Gasteiger partial charge in [0, 0.05) is 17.1 Å². The van der Waals surface area contributed by atoms with E-state index in [1.54, 1.807) is 42.5 Å². The van der Waals surface area contributed by atoms with Crippen LogP contribution in [0.4, 0.5) is 0 Å². The van der Waals surface area contributed by atoms with Gasteiger partial charge in [0.15, 0.2) is 15.2 Å². The predicted octanol–water partition coefficient (Wildman–Crippen LogP) is 5.48. The molecule has 36 heavy (non-hydrogen) atoms. The van der Waals surface area contributed by atoms with E-state index < -0.39 is 26.7 Å². The van der Waals surface area contributed by atoms with Gasteiger partial charge in [0.25, 0.3) is 0 Å². The molecule has 5 rings (SSSR count). The number of pyridine rings is 1. The number of rotatable bonds is 8. The van der Waals surface area contributed by atoms with Crippen LogP contribution in [0.15, 0.2) is 108 Å². The number of carboxylic acids is 1. The number of carbonyl (C=O) groups is 1. The third kappa shape index (κ3) is 4.53. The van der Waals surface area contributed by atoms with Gasteiger partial charge in [0.2, 0.25) is 0 Å². The number of aliphatic carboxylic acids is 1. The molecule has 0 radical (unpaired) electrons. The number of hydrogen-bond acceptors (Lipinski definition) is 5. The highest BCUT2D eigenvalue weighted by molar-refractivity contribution is 7.91. The summed E-state index contributed by atoms with van der Waals surface area (Å²) in [4.78, 5) is 16.8. The molecule has 2 N–H and O–H groups in total. The van der Waals surface area contributed by atoms with Crippen LogP contribution < -0.4 is 5.32 Å². The molecule has 1 heterocycles. The van der Waals surface area contributed by atoms with Crippen molar-refractivity contribution in [2.24, 2.45) is 0 Å². The lowest BCUT2D eigenvalue weighted by atomic mass is 10.1. The molecule has 0 spiro atoms. The fourth-order valence-electron chi connectivity index (χ4n) is 4.50. The van der Waals surface area contributed by atoms with Crippen molar-refractivity contribution in [1.82, 2.24) is 10.3 Å². The molecule has 6 nitrogen and oxygen atoms in total. The summed E-state index contributed by atoms with van der Waals surface area (Å²) < 4.78 is 27.8. The first-order valence-corrected chi connectivity index (χ1v) is 13.3. The third-order valence-corrected chi connectivity index (χ3v) is 8.72. The van der Waals surface area contributed by atoms with E-state index in [4.69, 9.17) is 11.6 Å². The number of carboxylic acid groups (broad SMARTS) is 1. The van der Waals surface area contributed by atoms with Gasteiger partial charge >= 0.3 is 5.97 Å². The minimum Gasteiger partial charge on any atom is -0.480 e. The van der Waals surface area contributed by atoms with Crippen LogP contribution in [0.25, 0.3) is 11.1 Å². The van der Waals surface area contributed by atoms with Crippen LogP contribution in [0.3, 0.4) is 0 Å². The number of aromatic nitrogens is 1. The molecule has 3 atom stereocenters. The summed E-state index contributed by atoms with van der Waals surface area (Å²) in [6.45, 7) is 0. The Morgan fingerprint density at radius 3 is 2.11 bits per heavy atom. The summed E-state index contributed by atoms with van der Waals surface area (Å²) in [6.07, 6.45) is 1.78. The Balaban J connectivity index is 1.51. The molecule has 3 unspecified atom stereocenters. The maximum Gasteiger partial charge on any atom is 0.324 e. The van der Waals surface area contributed by atoms with Crippen LogP contribution in [0, 0.1) is 0 Å². The first kappa shape index (κ1) is 24.2. The molecule has 1 aliphatic carbocycles. The van der Waals surface area contributed by atoms with Crippen LogP contribution in [0.5, 0.6) is 0 Å². The largest absolute Gasteiger partial charge is 0.480 e. The molecule has 0 bridgehead atoms. The average molecular weight is 519 g/mol. The Morgan fingerprint density at radius 1 is 0.917 bits per heavy atom. The van der Waals surface area contributed by atoms with E-state index in [2.05, 4.69) is 10.3 Å². The van der Waals surface area contributed by atoms with Crippen molar-refractivity contribution in [3.05, 3.63) is 120 Å². The molecule has 0 amide bonds. The number of nitrogens with one attached hydrogen (secondary N) is 1. The Hall–Kier alpha value is -3.52. The molecular formula is C28H23ClN2O4S. The molecule has 182 valence electrons. The zero-order valence-electron chi connectivity index (χ0n) is 19.1. The van der Waals surface area contributed by atoms with E-state index >= 15 is 0 Å². The molecule has 1 aromatic heterocycles. The van der Waals surface area contributed by atoms with Gasteiger partial charge in [-0.2, -0.15) is 0 Å². The van der Waals surface area contributed by atoms with Gasteiger partial charge < -0.3 is 5.11 Å². The van der Waals surface area contributed by atoms with Gasteiger partial charge in [-0.05, 0) is 59.5 Å². The second kappa shape index (κ2) is 9.50. The molecule has 1 fully saturated rings. The Morgan fingerprint density at radius 2 is 1.53 bits per heavy atom. The van der Waals surface area contributed by atoms with Crippen molar-refractivity contribution in [3.8, 4) is 11.1 Å². The van der Waals surface area contributed by atoms with Gasteiger partial charge in [-0.25, -0.2) is 8.42 Å². The SMILES string of the molecule is O=C(O)C1(NC(c2ccccn2)S(=O)(=O)c2ccc(-c3ccc(Cl)cc3)cc2)CC1c1ccccc1. The molecule has 3 aromatic carbocycles. The minimum atomic E-state index is -4.05. The number of nitrogens with zero attached hydrogens (tertiary/aromatic N) is 1. The number of benzene rings is 3. The van der Waals surface area contributed by atoms with Gasteiger partial charge in [0.05, 0.1) is 10.6 Å². The molecule has 0 saturated heterocycles. The van der Waals surface area contributed by atoms with Crippen molar-refractivity contribution >= 4 is 27.4 Å². The number of sulfone groups is 1. The molecule has 8 heteroatoms. The molecule has 0 aliphatic heterocycles. The van der Waals surface area contributed by atoms with Crippen molar-refractivity contribution in [2.75, 3.05) is 0 Å². The van der Waals surface area contributed by atoms with Crippen LogP contribution in [-0.2, 0) is 14.6 Å². The highest BCUT2D eigenvalue weighted by Crippen LogP contribution is 2.53. The van der Waals surface area contributed by atoms with E-state index in [0.29, 0.717) is 5.02 Å². The van der Waals surface area contributed by atoms with Crippen molar-refractivity contribution in [2.45, 2.75) is 28.1 Å². The second-order valence-corrected chi connectivity index (χ2v) is 11.3. The van der Waals surface area contributed by atoms with Gasteiger partial charge in [-0.3, -0.25) is 15.1 Å². The van der Waals surface area contributed by atoms with E-state index in [-0.39, 0.29) is 22.9 Å². The summed E-state index contributed by atoms with van der Waals surface area (Å²) in [5.41, 5.74) is 1.40. The lowest BCUT2D eigenvalue weighted by Crippen LogP contribution is -2.45. The maximum atomic E-state index is 13.9. The monoisotopic (exact) mass is 518 g/mol. The number of hydrogen-bond donors (Lipinski definition) is 2. The van der Waals surface area contributed by atoms with Crippen molar-refractivity contribution in [1.29, 1.82) is 0 Å². The standard InChI is InChI=1S/C28H23ClN2O4S/c29-22-13-9-19(10-14-22)20-11-15-23(16-12-20)36(34,35)26(25-8-4-5-17-30-25)31-28(27(32)33)18-24(28)21-6-2-1-3-7-21/h1-17,24,26,31H,18H2,(H,32,33). The average Bonchev–Trinajstić information content (AvgIpc) is 3.65. The van der Waals surface area contributed by atoms with Crippen LogP contribution in [-0.4, -0.2) is 30.0 Å². The van der Waals surface area contributed by atoms with Gasteiger partial charge in [-0.15, -0.1) is 0 Å². The summed E-state index contributed by atoms with van der Waals surface area (Å²) in [7, 11) is -4.05. The van der Waals surface area contributed by atoms with Crippen LogP contribution in [0.1, 0.15) is 29.0 Å². The normalized spacial score (nSPS) is 20.0. The van der Waals surface area contributed by atoms with Crippen LogP contribution in [0.2, 0.25) is 5.02 Å². The first-order valence-electron chi connectivity index (χ1n) is 11.4. The summed E-state index contributed by atoms with van der Waals surface area (Å²) in [5, 5.41) is 12.4. The zero-order valence-corrected chi connectivity index (χ0v) is 20.7. The molecule has 1 aliphatic rings. The zero-order chi connectivity index (χ0) is 25.3. The van der Waals surface area contributed by atoms with E-state index in [1.165, 1.54) is 18.3 Å². The molecular weight excluding hydrogens is 496 g/mol. The Bertz CT molecular complexity index is 1480. The smallest absolute Gasteiger partial charge is 0.324 e. The predicted molar refractivity (Wildman–Crippen MR) is 138 cm³/mol. The summed E-state index contributed by atoms with van der Waals surface area (Å²) in [6, 6.07) is 28.0. The summed E-state index contributed by atoms with van der Waals surface area (Å²) >= 11 is 5.97. The quantitative estimate of drug-likeness (QED) is 0.321. The van der Waals surface area contributed by atoms with Crippen LogP contribution >= 0.6 is 11.6 Å². The second-order valence-electron chi connectivity index (χ2n) is 8.80. The third-order valence-electron chi connectivity index (χ3n) is 6.56. The van der Waals surface area contributed by atoms with Gasteiger partial charge in [0.1, 0.15) is 5.54 Å². The van der Waals surface area contributed by atoms with Crippen molar-refractivity contribution < 1.29 is 18.3 Å². The topological polar surface area (TPSA) is 96.4 Å². The Labute approximate surface area is 214 Å². The maximum absolute atomic E-state index is 13.9. The molecule has 4 aromatic rings. The lowest BCUT2D eigenvalue weighted by Gasteiger charge is -2.24. The first-order chi connectivity index (χ1) is 17.3. The van der Waals surface area contributed by atoms with E-state index in [9.17, 15) is 18.3 Å². The van der Waals surface area contributed by atoms with Gasteiger partial charge in [-0.1, -0.05) is 72.3 Å². The van der Waals surface area contributed by atoms with Crippen molar-refractivity contribution in [3.63, 3.8) is 0 Å². The fraction of sp³-hybridized carbons (Fsp3) is 0.143. The Kier molecular flexibility index (Phi) is 6.38. The lowest BCUT2D eigenvalue weighted by molar-refractivity contribution is -0.141. The minimum absolute atomic E-state index is 0.0702. The van der Waals surface area contributed by atoms with E-state index in [0.717, 1.165) is 16.7 Å². The summed E-state index contributed by atoms with van der Waals surface area (Å²) in [5.74, 6) is -1.45. The highest BCUT2D eigenvalue weighted by Gasteiger charge is 2.63. The highest BCUT2D eigenvalue weighted by atomic mass is 35.5. The van der Waals surface area contributed by atoms with E-state index in [1.807, 2.05) is 42.5 Å². The fourth-order valence-corrected chi connectivity index (χ4v) is 6.24. The number of halogens is 1.